The Hall–Kier alpha value is -1.32. The van der Waals surface area contributed by atoms with Crippen molar-refractivity contribution in [3.05, 3.63) is 36.0 Å². The molecule has 0 bridgehead atoms. The smallest absolute Gasteiger partial charge is 0.0692 e. The predicted molar refractivity (Wildman–Crippen MR) is 68.7 cm³/mol. The van der Waals surface area contributed by atoms with Crippen molar-refractivity contribution in [3.8, 4) is 0 Å². The van der Waals surface area contributed by atoms with Crippen LogP contribution < -0.4 is 5.32 Å². The molecule has 3 N–H and O–H groups in total. The number of H-pyrrole nitrogens is 1. The Balaban J connectivity index is 1.56. The molecule has 1 heterocycles. The Morgan fingerprint density at radius 2 is 2.24 bits per heavy atom. The van der Waals surface area contributed by atoms with Gasteiger partial charge in [0.1, 0.15) is 0 Å². The molecular formula is C14H18N2O. The van der Waals surface area contributed by atoms with Crippen molar-refractivity contribution in [2.45, 2.75) is 25.5 Å². The number of hydrogen-bond acceptors (Lipinski definition) is 2. The van der Waals surface area contributed by atoms with Gasteiger partial charge in [0.25, 0.3) is 0 Å². The number of aliphatic hydroxyl groups is 1. The van der Waals surface area contributed by atoms with Crippen LogP contribution in [0, 0.1) is 5.92 Å². The number of fused-ring (bicyclic) bond motifs is 1. The second-order valence-corrected chi connectivity index (χ2v) is 4.93. The number of nitrogens with one attached hydrogen (secondary N) is 2. The minimum Gasteiger partial charge on any atom is -0.392 e. The molecule has 0 radical (unpaired) electrons. The Bertz CT molecular complexity index is 502. The highest BCUT2D eigenvalue weighted by molar-refractivity contribution is 5.79. The van der Waals surface area contributed by atoms with Gasteiger partial charge in [-0.2, -0.15) is 0 Å². The fourth-order valence-electron chi connectivity index (χ4n) is 2.22. The summed E-state index contributed by atoms with van der Waals surface area (Å²) >= 11 is 0. The van der Waals surface area contributed by atoms with Crippen molar-refractivity contribution < 1.29 is 5.11 Å². The van der Waals surface area contributed by atoms with E-state index in [-0.39, 0.29) is 6.10 Å². The van der Waals surface area contributed by atoms with Gasteiger partial charge in [-0.25, -0.2) is 0 Å². The summed E-state index contributed by atoms with van der Waals surface area (Å²) in [6.45, 7) is 1.53. The van der Waals surface area contributed by atoms with E-state index < -0.39 is 0 Å². The van der Waals surface area contributed by atoms with Crippen LogP contribution in [0.2, 0.25) is 0 Å². The lowest BCUT2D eigenvalue weighted by Crippen LogP contribution is -2.27. The summed E-state index contributed by atoms with van der Waals surface area (Å²) in [5.74, 6) is 0.551. The summed E-state index contributed by atoms with van der Waals surface area (Å²) < 4.78 is 0. The van der Waals surface area contributed by atoms with Gasteiger partial charge in [-0.15, -0.1) is 0 Å². The molecule has 1 fully saturated rings. The fourth-order valence-corrected chi connectivity index (χ4v) is 2.22. The number of rotatable bonds is 5. The van der Waals surface area contributed by atoms with Crippen LogP contribution >= 0.6 is 0 Å². The summed E-state index contributed by atoms with van der Waals surface area (Å²) in [6, 6.07) is 8.49. The minimum absolute atomic E-state index is 0.161. The van der Waals surface area contributed by atoms with E-state index in [9.17, 15) is 5.11 Å². The molecule has 3 nitrogen and oxygen atoms in total. The van der Waals surface area contributed by atoms with Crippen molar-refractivity contribution in [1.82, 2.24) is 10.3 Å². The third kappa shape index (κ3) is 2.51. The molecule has 1 aromatic carbocycles. The van der Waals surface area contributed by atoms with Crippen LogP contribution in [-0.2, 0) is 6.54 Å². The number of aromatic nitrogens is 1. The van der Waals surface area contributed by atoms with Crippen LogP contribution in [0.25, 0.3) is 10.9 Å². The second-order valence-electron chi connectivity index (χ2n) is 4.93. The monoisotopic (exact) mass is 230 g/mol. The molecule has 0 aliphatic heterocycles. The van der Waals surface area contributed by atoms with Gasteiger partial charge in [-0.1, -0.05) is 6.07 Å². The van der Waals surface area contributed by atoms with Gasteiger partial charge in [0.2, 0.25) is 0 Å². The van der Waals surface area contributed by atoms with Gasteiger partial charge in [-0.05, 0) is 47.9 Å². The summed E-state index contributed by atoms with van der Waals surface area (Å²) in [7, 11) is 0. The maximum atomic E-state index is 9.74. The lowest BCUT2D eigenvalue weighted by Gasteiger charge is -2.10. The Labute approximate surface area is 101 Å². The zero-order valence-corrected chi connectivity index (χ0v) is 9.82. The van der Waals surface area contributed by atoms with Gasteiger partial charge in [-0.3, -0.25) is 0 Å². The van der Waals surface area contributed by atoms with Crippen LogP contribution in [0.5, 0.6) is 0 Å². The normalized spacial score (nSPS) is 17.5. The van der Waals surface area contributed by atoms with Crippen molar-refractivity contribution in [1.29, 1.82) is 0 Å². The molecule has 3 heteroatoms. The summed E-state index contributed by atoms with van der Waals surface area (Å²) in [5, 5.41) is 14.3. The first-order valence-electron chi connectivity index (χ1n) is 6.28. The standard InChI is InChI=1S/C14H18N2O/c17-14(11-2-3-11)9-15-8-10-1-4-13-12(7-10)5-6-16-13/h1,4-7,11,14-17H,2-3,8-9H2. The van der Waals surface area contributed by atoms with Crippen LogP contribution in [0.3, 0.4) is 0 Å². The molecule has 3 rings (SSSR count). The van der Waals surface area contributed by atoms with E-state index in [2.05, 4.69) is 34.6 Å². The molecule has 1 atom stereocenters. The van der Waals surface area contributed by atoms with E-state index in [0.29, 0.717) is 12.5 Å². The lowest BCUT2D eigenvalue weighted by atomic mass is 10.1. The first kappa shape index (κ1) is 10.8. The first-order chi connectivity index (χ1) is 8.33. The van der Waals surface area contributed by atoms with Gasteiger partial charge >= 0.3 is 0 Å². The number of aromatic amines is 1. The summed E-state index contributed by atoms with van der Waals surface area (Å²) in [4.78, 5) is 3.18. The molecule has 90 valence electrons. The van der Waals surface area contributed by atoms with Crippen LogP contribution in [0.15, 0.2) is 30.5 Å². The zero-order chi connectivity index (χ0) is 11.7. The van der Waals surface area contributed by atoms with Crippen molar-refractivity contribution in [3.63, 3.8) is 0 Å². The van der Waals surface area contributed by atoms with Gasteiger partial charge in [0.05, 0.1) is 6.10 Å². The van der Waals surface area contributed by atoms with Crippen molar-refractivity contribution in [2.75, 3.05) is 6.54 Å². The Morgan fingerprint density at radius 3 is 3.06 bits per heavy atom. The molecular weight excluding hydrogens is 212 g/mol. The summed E-state index contributed by atoms with van der Waals surface area (Å²) in [6.07, 6.45) is 4.18. The second kappa shape index (κ2) is 4.51. The third-order valence-corrected chi connectivity index (χ3v) is 3.47. The quantitative estimate of drug-likeness (QED) is 0.736. The highest BCUT2D eigenvalue weighted by Crippen LogP contribution is 2.32. The molecule has 1 aromatic heterocycles. The maximum Gasteiger partial charge on any atom is 0.0692 e. The van der Waals surface area contributed by atoms with E-state index >= 15 is 0 Å². The average Bonchev–Trinajstić information content (AvgIpc) is 3.08. The topological polar surface area (TPSA) is 48.0 Å². The molecule has 0 spiro atoms. The van der Waals surface area contributed by atoms with E-state index in [1.165, 1.54) is 29.3 Å². The van der Waals surface area contributed by atoms with Crippen molar-refractivity contribution in [2.24, 2.45) is 5.92 Å². The van der Waals surface area contributed by atoms with Crippen LogP contribution in [-0.4, -0.2) is 22.7 Å². The third-order valence-electron chi connectivity index (χ3n) is 3.47. The van der Waals surface area contributed by atoms with Crippen LogP contribution in [0.1, 0.15) is 18.4 Å². The lowest BCUT2D eigenvalue weighted by molar-refractivity contribution is 0.148. The number of hydrogen-bond donors (Lipinski definition) is 3. The molecule has 0 saturated heterocycles. The summed E-state index contributed by atoms with van der Waals surface area (Å²) in [5.41, 5.74) is 2.44. The molecule has 17 heavy (non-hydrogen) atoms. The molecule has 1 aliphatic rings. The molecule has 1 saturated carbocycles. The van der Waals surface area contributed by atoms with Gasteiger partial charge < -0.3 is 15.4 Å². The molecule has 1 unspecified atom stereocenters. The molecule has 2 aromatic rings. The van der Waals surface area contributed by atoms with Gasteiger partial charge in [0.15, 0.2) is 0 Å². The number of benzene rings is 1. The highest BCUT2D eigenvalue weighted by atomic mass is 16.3. The van der Waals surface area contributed by atoms with Crippen LogP contribution in [0.4, 0.5) is 0 Å². The Kier molecular flexibility index (Phi) is 2.87. The molecule has 1 aliphatic carbocycles. The zero-order valence-electron chi connectivity index (χ0n) is 9.82. The number of aliphatic hydroxyl groups excluding tert-OH is 1. The minimum atomic E-state index is -0.161. The van der Waals surface area contributed by atoms with E-state index in [1.807, 2.05) is 6.20 Å². The average molecular weight is 230 g/mol. The highest BCUT2D eigenvalue weighted by Gasteiger charge is 2.28. The Morgan fingerprint density at radius 1 is 1.35 bits per heavy atom. The largest absolute Gasteiger partial charge is 0.392 e. The van der Waals surface area contributed by atoms with Crippen molar-refractivity contribution >= 4 is 10.9 Å². The maximum absolute atomic E-state index is 9.74. The SMILES string of the molecule is OC(CNCc1ccc2[nH]ccc2c1)C1CC1. The first-order valence-corrected chi connectivity index (χ1v) is 6.28. The van der Waals surface area contributed by atoms with E-state index in [4.69, 9.17) is 0 Å². The van der Waals surface area contributed by atoms with E-state index in [0.717, 1.165) is 6.54 Å². The molecule has 0 amide bonds. The fraction of sp³-hybridized carbons (Fsp3) is 0.429. The van der Waals surface area contributed by atoms with Gasteiger partial charge in [0, 0.05) is 24.8 Å². The van der Waals surface area contributed by atoms with E-state index in [1.54, 1.807) is 0 Å². The predicted octanol–water partition coefficient (Wildman–Crippen LogP) is 2.03.